The number of para-hydroxylation sites is 1. The molecule has 0 atom stereocenters. The zero-order valence-corrected chi connectivity index (χ0v) is 8.88. The fourth-order valence-electron chi connectivity index (χ4n) is 1.36. The number of aromatic nitrogens is 2. The van der Waals surface area contributed by atoms with Crippen LogP contribution < -0.4 is 5.32 Å². The van der Waals surface area contributed by atoms with Crippen molar-refractivity contribution in [3.05, 3.63) is 29.5 Å². The SMILES string of the molecule is FC(F)CNc1nc(Cl)nc2ccccc12. The molecule has 0 spiro atoms. The Balaban J connectivity index is 2.42. The first-order valence-electron chi connectivity index (χ1n) is 4.61. The van der Waals surface area contributed by atoms with Crippen LogP contribution in [0.1, 0.15) is 0 Å². The standard InChI is InChI=1S/C10H8ClF2N3/c11-10-15-7-4-2-1-3-6(7)9(16-10)14-5-8(12)13/h1-4,8H,5H2,(H,14,15,16). The number of fused-ring (bicyclic) bond motifs is 1. The van der Waals surface area contributed by atoms with E-state index in [1.165, 1.54) is 0 Å². The molecule has 0 saturated heterocycles. The second-order valence-electron chi connectivity index (χ2n) is 3.13. The first kappa shape index (κ1) is 11.0. The number of anilines is 1. The van der Waals surface area contributed by atoms with Gasteiger partial charge in [0, 0.05) is 5.39 Å². The summed E-state index contributed by atoms with van der Waals surface area (Å²) in [5, 5.41) is 3.25. The number of benzene rings is 1. The molecular weight excluding hydrogens is 236 g/mol. The van der Waals surface area contributed by atoms with Gasteiger partial charge in [-0.3, -0.25) is 0 Å². The lowest BCUT2D eigenvalue weighted by atomic mass is 10.2. The molecule has 1 aromatic heterocycles. The van der Waals surface area contributed by atoms with Crippen molar-refractivity contribution in [2.45, 2.75) is 6.43 Å². The summed E-state index contributed by atoms with van der Waals surface area (Å²) in [5.41, 5.74) is 0.624. The molecule has 0 aliphatic carbocycles. The Labute approximate surface area is 95.5 Å². The van der Waals surface area contributed by atoms with E-state index in [-0.39, 0.29) is 5.28 Å². The number of rotatable bonds is 3. The highest BCUT2D eigenvalue weighted by atomic mass is 35.5. The van der Waals surface area contributed by atoms with Crippen LogP contribution in [0, 0.1) is 0 Å². The van der Waals surface area contributed by atoms with Gasteiger partial charge in [0.15, 0.2) is 0 Å². The topological polar surface area (TPSA) is 37.8 Å². The monoisotopic (exact) mass is 243 g/mol. The largest absolute Gasteiger partial charge is 0.364 e. The van der Waals surface area contributed by atoms with Gasteiger partial charge in [-0.25, -0.2) is 18.7 Å². The second-order valence-corrected chi connectivity index (χ2v) is 3.47. The van der Waals surface area contributed by atoms with Gasteiger partial charge >= 0.3 is 0 Å². The second kappa shape index (κ2) is 4.57. The summed E-state index contributed by atoms with van der Waals surface area (Å²) in [6.45, 7) is -0.461. The molecule has 0 fully saturated rings. The normalized spacial score (nSPS) is 11.0. The third-order valence-electron chi connectivity index (χ3n) is 2.00. The van der Waals surface area contributed by atoms with E-state index in [0.29, 0.717) is 16.7 Å². The van der Waals surface area contributed by atoms with Crippen molar-refractivity contribution >= 4 is 28.3 Å². The summed E-state index contributed by atoms with van der Waals surface area (Å²) in [5.74, 6) is 0.330. The van der Waals surface area contributed by atoms with Gasteiger partial charge < -0.3 is 5.32 Å². The van der Waals surface area contributed by atoms with E-state index in [9.17, 15) is 8.78 Å². The maximum absolute atomic E-state index is 12.1. The third kappa shape index (κ3) is 2.36. The Hall–Kier alpha value is -1.49. The van der Waals surface area contributed by atoms with Crippen molar-refractivity contribution in [1.29, 1.82) is 0 Å². The Morgan fingerprint density at radius 1 is 1.25 bits per heavy atom. The van der Waals surface area contributed by atoms with E-state index >= 15 is 0 Å². The van der Waals surface area contributed by atoms with Gasteiger partial charge in [-0.2, -0.15) is 0 Å². The van der Waals surface area contributed by atoms with Crippen molar-refractivity contribution < 1.29 is 8.78 Å². The lowest BCUT2D eigenvalue weighted by Gasteiger charge is -2.07. The number of hydrogen-bond donors (Lipinski definition) is 1. The van der Waals surface area contributed by atoms with Crippen LogP contribution in [0.4, 0.5) is 14.6 Å². The Bertz CT molecular complexity index is 504. The Morgan fingerprint density at radius 3 is 2.75 bits per heavy atom. The number of nitrogens with one attached hydrogen (secondary N) is 1. The predicted octanol–water partition coefficient (Wildman–Crippen LogP) is 2.96. The Kier molecular flexibility index (Phi) is 3.14. The summed E-state index contributed by atoms with van der Waals surface area (Å²) in [4.78, 5) is 7.87. The van der Waals surface area contributed by atoms with Crippen LogP contribution in [0.5, 0.6) is 0 Å². The van der Waals surface area contributed by atoms with Gasteiger partial charge in [0.2, 0.25) is 5.28 Å². The quantitative estimate of drug-likeness (QED) is 0.843. The minimum absolute atomic E-state index is 0.0375. The van der Waals surface area contributed by atoms with E-state index in [0.717, 1.165) is 0 Å². The number of alkyl halides is 2. The zero-order valence-electron chi connectivity index (χ0n) is 8.12. The van der Waals surface area contributed by atoms with Gasteiger partial charge in [-0.05, 0) is 23.7 Å². The molecule has 0 aliphatic heterocycles. The summed E-state index contributed by atoms with van der Waals surface area (Å²) in [7, 11) is 0. The summed E-state index contributed by atoms with van der Waals surface area (Å²) in [6, 6.07) is 7.08. The van der Waals surface area contributed by atoms with Crippen molar-refractivity contribution in [3.63, 3.8) is 0 Å². The van der Waals surface area contributed by atoms with Crippen molar-refractivity contribution in [1.82, 2.24) is 9.97 Å². The number of hydrogen-bond acceptors (Lipinski definition) is 3. The molecule has 84 valence electrons. The minimum atomic E-state index is -2.44. The molecule has 3 nitrogen and oxygen atoms in total. The van der Waals surface area contributed by atoms with Crippen LogP contribution in [0.3, 0.4) is 0 Å². The fraction of sp³-hybridized carbons (Fsp3) is 0.200. The maximum atomic E-state index is 12.1. The molecule has 0 aliphatic rings. The predicted molar refractivity (Wildman–Crippen MR) is 59.0 cm³/mol. The highest BCUT2D eigenvalue weighted by molar-refractivity contribution is 6.28. The number of halogens is 3. The highest BCUT2D eigenvalue weighted by Gasteiger charge is 2.08. The lowest BCUT2D eigenvalue weighted by molar-refractivity contribution is 0.163. The van der Waals surface area contributed by atoms with Gasteiger partial charge in [-0.15, -0.1) is 0 Å². The molecule has 0 radical (unpaired) electrons. The first-order valence-corrected chi connectivity index (χ1v) is 4.99. The number of nitrogens with zero attached hydrogens (tertiary/aromatic N) is 2. The van der Waals surface area contributed by atoms with Gasteiger partial charge in [0.1, 0.15) is 5.82 Å². The van der Waals surface area contributed by atoms with Gasteiger partial charge in [0.25, 0.3) is 6.43 Å². The highest BCUT2D eigenvalue weighted by Crippen LogP contribution is 2.21. The maximum Gasteiger partial charge on any atom is 0.255 e. The van der Waals surface area contributed by atoms with E-state index in [2.05, 4.69) is 15.3 Å². The Morgan fingerprint density at radius 2 is 2.00 bits per heavy atom. The molecule has 0 amide bonds. The van der Waals surface area contributed by atoms with E-state index in [1.54, 1.807) is 24.3 Å². The summed E-state index contributed by atoms with van der Waals surface area (Å²) < 4.78 is 24.2. The molecule has 16 heavy (non-hydrogen) atoms. The van der Waals surface area contributed by atoms with E-state index < -0.39 is 13.0 Å². The van der Waals surface area contributed by atoms with Crippen LogP contribution in [-0.4, -0.2) is 22.9 Å². The smallest absolute Gasteiger partial charge is 0.255 e. The molecule has 0 saturated carbocycles. The molecule has 1 aromatic carbocycles. The van der Waals surface area contributed by atoms with Crippen LogP contribution in [0.25, 0.3) is 10.9 Å². The van der Waals surface area contributed by atoms with Gasteiger partial charge in [-0.1, -0.05) is 12.1 Å². The van der Waals surface area contributed by atoms with E-state index in [1.807, 2.05) is 0 Å². The molecule has 0 unspecified atom stereocenters. The van der Waals surface area contributed by atoms with Gasteiger partial charge in [0.05, 0.1) is 12.1 Å². The molecular formula is C10H8ClF2N3. The average molecular weight is 244 g/mol. The van der Waals surface area contributed by atoms with Crippen LogP contribution >= 0.6 is 11.6 Å². The lowest BCUT2D eigenvalue weighted by Crippen LogP contribution is -2.11. The van der Waals surface area contributed by atoms with Crippen LogP contribution in [0.15, 0.2) is 24.3 Å². The molecule has 1 heterocycles. The molecule has 1 N–H and O–H groups in total. The molecule has 2 rings (SSSR count). The minimum Gasteiger partial charge on any atom is -0.364 e. The summed E-state index contributed by atoms with van der Waals surface area (Å²) in [6.07, 6.45) is -2.44. The fourth-order valence-corrected chi connectivity index (χ4v) is 1.53. The van der Waals surface area contributed by atoms with Crippen LogP contribution in [0.2, 0.25) is 5.28 Å². The molecule has 0 bridgehead atoms. The average Bonchev–Trinajstić information content (AvgIpc) is 2.25. The first-order chi connectivity index (χ1) is 7.66. The van der Waals surface area contributed by atoms with Crippen LogP contribution in [-0.2, 0) is 0 Å². The van der Waals surface area contributed by atoms with Crippen molar-refractivity contribution in [2.24, 2.45) is 0 Å². The van der Waals surface area contributed by atoms with Crippen molar-refractivity contribution in [2.75, 3.05) is 11.9 Å². The molecule has 2 aromatic rings. The zero-order chi connectivity index (χ0) is 11.5. The molecule has 6 heteroatoms. The summed E-state index contributed by atoms with van der Waals surface area (Å²) >= 11 is 5.69. The van der Waals surface area contributed by atoms with Crippen molar-refractivity contribution in [3.8, 4) is 0 Å². The van der Waals surface area contributed by atoms with E-state index in [4.69, 9.17) is 11.6 Å². The third-order valence-corrected chi connectivity index (χ3v) is 2.17.